The summed E-state index contributed by atoms with van der Waals surface area (Å²) in [4.78, 5) is 13.6. The smallest absolute Gasteiger partial charge is 0.163 e. The Kier molecular flexibility index (Phi) is 3.56. The summed E-state index contributed by atoms with van der Waals surface area (Å²) < 4.78 is 0. The maximum absolute atomic E-state index is 13.6. The van der Waals surface area contributed by atoms with Crippen LogP contribution in [0.1, 0.15) is 77.3 Å². The van der Waals surface area contributed by atoms with Crippen LogP contribution in [-0.2, 0) is 10.2 Å². The van der Waals surface area contributed by atoms with Crippen LogP contribution in [0.5, 0.6) is 0 Å². The average molecular weight is 364 g/mol. The summed E-state index contributed by atoms with van der Waals surface area (Å²) in [5.41, 5.74) is 3.43. The van der Waals surface area contributed by atoms with E-state index in [0.29, 0.717) is 5.78 Å². The molecule has 0 radical (unpaired) electrons. The molecule has 144 valence electrons. The molecular weight excluding hydrogens is 330 g/mol. The fourth-order valence-electron chi connectivity index (χ4n) is 6.97. The lowest BCUT2D eigenvalue weighted by atomic mass is 9.48. The second-order valence-corrected chi connectivity index (χ2v) is 11.0. The van der Waals surface area contributed by atoms with Crippen LogP contribution < -0.4 is 5.32 Å². The van der Waals surface area contributed by atoms with Gasteiger partial charge >= 0.3 is 0 Å². The van der Waals surface area contributed by atoms with Gasteiger partial charge in [-0.1, -0.05) is 38.1 Å². The van der Waals surface area contributed by atoms with Crippen molar-refractivity contribution in [2.75, 3.05) is 0 Å². The highest BCUT2D eigenvalue weighted by molar-refractivity contribution is 6.01. The quantitative estimate of drug-likeness (QED) is 0.706. The highest BCUT2D eigenvalue weighted by Gasteiger charge is 2.54. The van der Waals surface area contributed by atoms with Gasteiger partial charge in [-0.05, 0) is 75.7 Å². The third-order valence-electron chi connectivity index (χ3n) is 8.74. The average Bonchev–Trinajstić information content (AvgIpc) is 2.58. The molecule has 1 aromatic rings. The maximum atomic E-state index is 13.6. The molecule has 0 amide bonds. The number of hydrogen-bond acceptors (Lipinski definition) is 2. The summed E-state index contributed by atoms with van der Waals surface area (Å²) in [7, 11) is 0. The molecule has 4 saturated carbocycles. The minimum absolute atomic E-state index is 0.00463. The van der Waals surface area contributed by atoms with Crippen LogP contribution in [0.2, 0.25) is 0 Å². The fourth-order valence-corrected chi connectivity index (χ4v) is 6.97. The highest BCUT2D eigenvalue weighted by atomic mass is 16.1. The molecular formula is C25H33NO. The Labute approximate surface area is 163 Å². The van der Waals surface area contributed by atoms with Crippen molar-refractivity contribution in [3.05, 3.63) is 41.5 Å². The molecule has 1 heterocycles. The standard InChI is InChI=1S/C25H33NO/c1-23(2)20-8-6-5-7-19(20)21(26-24(23,3)4)12-22(27)25-13-16-9-17(14-25)11-18(10-16)15-25/h5-8,12,16-18,26H,9-11,13-15H2,1-4H3/b21-12-. The van der Waals surface area contributed by atoms with Crippen molar-refractivity contribution in [1.82, 2.24) is 5.32 Å². The van der Waals surface area contributed by atoms with Gasteiger partial charge in [-0.25, -0.2) is 0 Å². The van der Waals surface area contributed by atoms with Crippen molar-refractivity contribution in [3.63, 3.8) is 0 Å². The van der Waals surface area contributed by atoms with Gasteiger partial charge in [0.15, 0.2) is 5.78 Å². The van der Waals surface area contributed by atoms with Gasteiger partial charge in [0.05, 0.1) is 0 Å². The number of nitrogens with one attached hydrogen (secondary N) is 1. The van der Waals surface area contributed by atoms with Crippen molar-refractivity contribution in [2.24, 2.45) is 23.2 Å². The van der Waals surface area contributed by atoms with Crippen LogP contribution in [0.15, 0.2) is 30.3 Å². The second kappa shape index (κ2) is 5.49. The van der Waals surface area contributed by atoms with Crippen LogP contribution in [-0.4, -0.2) is 11.3 Å². The molecule has 5 aliphatic rings. The molecule has 0 saturated heterocycles. The number of allylic oxidation sites excluding steroid dienone is 1. The predicted molar refractivity (Wildman–Crippen MR) is 110 cm³/mol. The molecule has 1 aliphatic heterocycles. The van der Waals surface area contributed by atoms with Gasteiger partial charge in [0, 0.05) is 33.7 Å². The third kappa shape index (κ3) is 2.48. The molecule has 4 aliphatic carbocycles. The van der Waals surface area contributed by atoms with Gasteiger partial charge in [0.2, 0.25) is 0 Å². The van der Waals surface area contributed by atoms with Crippen LogP contribution in [0.3, 0.4) is 0 Å². The Morgan fingerprint density at radius 3 is 2.11 bits per heavy atom. The number of fused-ring (bicyclic) bond motifs is 1. The molecule has 27 heavy (non-hydrogen) atoms. The summed E-state index contributed by atoms with van der Waals surface area (Å²) in [6, 6.07) is 8.64. The molecule has 2 nitrogen and oxygen atoms in total. The number of ketones is 1. The van der Waals surface area contributed by atoms with E-state index in [4.69, 9.17) is 0 Å². The van der Waals surface area contributed by atoms with Gasteiger partial charge in [-0.2, -0.15) is 0 Å². The van der Waals surface area contributed by atoms with E-state index >= 15 is 0 Å². The lowest BCUT2D eigenvalue weighted by Gasteiger charge is -2.55. The van der Waals surface area contributed by atoms with Gasteiger partial charge in [-0.15, -0.1) is 0 Å². The van der Waals surface area contributed by atoms with Crippen LogP contribution in [0.4, 0.5) is 0 Å². The first-order valence-electron chi connectivity index (χ1n) is 10.8. The molecule has 0 spiro atoms. The first-order valence-corrected chi connectivity index (χ1v) is 10.8. The van der Waals surface area contributed by atoms with Crippen LogP contribution in [0, 0.1) is 23.2 Å². The SMILES string of the molecule is CC1(C)N/C(=C\C(=O)C23CC4CC(CC(C4)C2)C3)c2ccccc2C1(C)C. The molecule has 0 atom stereocenters. The highest BCUT2D eigenvalue weighted by Crippen LogP contribution is 2.60. The normalized spacial score (nSPS) is 39.1. The van der Waals surface area contributed by atoms with Crippen molar-refractivity contribution < 1.29 is 4.79 Å². The monoisotopic (exact) mass is 363 g/mol. The summed E-state index contributed by atoms with van der Waals surface area (Å²) >= 11 is 0. The largest absolute Gasteiger partial charge is 0.379 e. The molecule has 1 aromatic carbocycles. The van der Waals surface area contributed by atoms with E-state index in [1.807, 2.05) is 6.08 Å². The number of hydrogen-bond donors (Lipinski definition) is 1. The molecule has 1 N–H and O–H groups in total. The summed E-state index contributed by atoms with van der Waals surface area (Å²) in [5.74, 6) is 2.82. The van der Waals surface area contributed by atoms with E-state index in [1.165, 1.54) is 30.4 Å². The first-order chi connectivity index (χ1) is 12.7. The van der Waals surface area contributed by atoms with E-state index in [9.17, 15) is 4.79 Å². The number of carbonyl (C=O) groups excluding carboxylic acids is 1. The lowest BCUT2D eigenvalue weighted by Crippen LogP contribution is -2.56. The summed E-state index contributed by atoms with van der Waals surface area (Å²) in [6.45, 7) is 9.12. The molecule has 4 bridgehead atoms. The zero-order chi connectivity index (χ0) is 19.0. The zero-order valence-electron chi connectivity index (χ0n) is 17.3. The van der Waals surface area contributed by atoms with Gasteiger partial charge in [0.25, 0.3) is 0 Å². The first kappa shape index (κ1) is 17.5. The summed E-state index contributed by atoms with van der Waals surface area (Å²) in [6.07, 6.45) is 9.54. The van der Waals surface area contributed by atoms with Crippen molar-refractivity contribution in [1.29, 1.82) is 0 Å². The number of rotatable bonds is 2. The Hall–Kier alpha value is -1.57. The lowest BCUT2D eigenvalue weighted by molar-refractivity contribution is -0.138. The van der Waals surface area contributed by atoms with Gasteiger partial charge in [-0.3, -0.25) is 4.79 Å². The zero-order valence-corrected chi connectivity index (χ0v) is 17.3. The minimum atomic E-state index is -0.102. The Morgan fingerprint density at radius 1 is 0.963 bits per heavy atom. The van der Waals surface area contributed by atoms with Crippen LogP contribution >= 0.6 is 0 Å². The van der Waals surface area contributed by atoms with E-state index in [1.54, 1.807) is 0 Å². The topological polar surface area (TPSA) is 29.1 Å². The van der Waals surface area contributed by atoms with E-state index < -0.39 is 0 Å². The predicted octanol–water partition coefficient (Wildman–Crippen LogP) is 5.47. The Bertz CT molecular complexity index is 793. The van der Waals surface area contributed by atoms with Crippen molar-refractivity contribution in [3.8, 4) is 0 Å². The summed E-state index contributed by atoms with van der Waals surface area (Å²) in [5, 5.41) is 3.74. The Morgan fingerprint density at radius 2 is 1.52 bits per heavy atom. The van der Waals surface area contributed by atoms with Gasteiger partial charge < -0.3 is 5.32 Å². The Balaban J connectivity index is 1.54. The van der Waals surface area contributed by atoms with Crippen LogP contribution in [0.25, 0.3) is 5.70 Å². The molecule has 4 fully saturated rings. The van der Waals surface area contributed by atoms with E-state index in [0.717, 1.165) is 42.7 Å². The molecule has 2 heteroatoms. The second-order valence-electron chi connectivity index (χ2n) is 11.0. The number of benzene rings is 1. The van der Waals surface area contributed by atoms with Gasteiger partial charge in [0.1, 0.15) is 0 Å². The molecule has 0 aromatic heterocycles. The van der Waals surface area contributed by atoms with Crippen molar-refractivity contribution in [2.45, 2.75) is 77.2 Å². The van der Waals surface area contributed by atoms with Crippen molar-refractivity contribution >= 4 is 11.5 Å². The molecule has 6 rings (SSSR count). The number of carbonyl (C=O) groups is 1. The van der Waals surface area contributed by atoms with E-state index in [-0.39, 0.29) is 16.4 Å². The minimum Gasteiger partial charge on any atom is -0.379 e. The molecule has 0 unspecified atom stereocenters. The van der Waals surface area contributed by atoms with E-state index in [2.05, 4.69) is 57.3 Å². The third-order valence-corrected chi connectivity index (χ3v) is 8.74. The fraction of sp³-hybridized carbons (Fsp3) is 0.640. The maximum Gasteiger partial charge on any atom is 0.163 e.